The predicted octanol–water partition coefficient (Wildman–Crippen LogP) is 2.48. The third-order valence-corrected chi connectivity index (χ3v) is 6.38. The Morgan fingerprint density at radius 2 is 2.07 bits per heavy atom. The van der Waals surface area contributed by atoms with Crippen LogP contribution < -0.4 is 14.8 Å². The molecular weight excluding hydrogens is 366 g/mol. The maximum absolute atomic E-state index is 5.99. The van der Waals surface area contributed by atoms with E-state index in [0.717, 1.165) is 75.9 Å². The molecule has 7 nitrogen and oxygen atoms in total. The molecule has 0 saturated carbocycles. The highest BCUT2D eigenvalue weighted by molar-refractivity contribution is 5.48. The van der Waals surface area contributed by atoms with Crippen LogP contribution in [0.2, 0.25) is 0 Å². The van der Waals surface area contributed by atoms with Crippen LogP contribution in [-0.2, 0) is 26.1 Å². The van der Waals surface area contributed by atoms with Gasteiger partial charge in [-0.1, -0.05) is 0 Å². The van der Waals surface area contributed by atoms with Gasteiger partial charge in [-0.15, -0.1) is 10.2 Å². The van der Waals surface area contributed by atoms with Gasteiger partial charge in [0.15, 0.2) is 0 Å². The van der Waals surface area contributed by atoms with Crippen LogP contribution in [-0.4, -0.2) is 52.0 Å². The number of ether oxygens (including phenoxy) is 2. The summed E-state index contributed by atoms with van der Waals surface area (Å²) in [5.41, 5.74) is 2.51. The molecule has 0 aliphatic carbocycles. The Hall–Kier alpha value is -2.12. The zero-order chi connectivity index (χ0) is 19.8. The van der Waals surface area contributed by atoms with E-state index in [1.807, 2.05) is 0 Å². The molecule has 0 amide bonds. The molecule has 1 aromatic carbocycles. The van der Waals surface area contributed by atoms with Gasteiger partial charge in [0.25, 0.3) is 0 Å². The zero-order valence-corrected chi connectivity index (χ0v) is 17.5. The molecule has 0 spiro atoms. The van der Waals surface area contributed by atoms with E-state index in [0.29, 0.717) is 12.5 Å². The number of rotatable bonds is 5. The van der Waals surface area contributed by atoms with Gasteiger partial charge in [-0.3, -0.25) is 4.90 Å². The third-order valence-electron chi connectivity index (χ3n) is 6.38. The van der Waals surface area contributed by atoms with Crippen LogP contribution in [0.1, 0.15) is 55.4 Å². The summed E-state index contributed by atoms with van der Waals surface area (Å²) in [5.74, 6) is 4.85. The summed E-state index contributed by atoms with van der Waals surface area (Å²) in [4.78, 5) is 2.54. The van der Waals surface area contributed by atoms with Crippen molar-refractivity contribution in [1.82, 2.24) is 25.0 Å². The first-order valence-corrected chi connectivity index (χ1v) is 11.0. The number of benzene rings is 1. The fraction of sp³-hybridized carbons (Fsp3) is 0.636. The minimum absolute atomic E-state index is 0.259. The quantitative estimate of drug-likeness (QED) is 0.836. The van der Waals surface area contributed by atoms with Gasteiger partial charge in [0.1, 0.15) is 29.3 Å². The van der Waals surface area contributed by atoms with Gasteiger partial charge in [0.05, 0.1) is 13.2 Å². The van der Waals surface area contributed by atoms with Crippen LogP contribution in [0.25, 0.3) is 0 Å². The summed E-state index contributed by atoms with van der Waals surface area (Å²) in [7, 11) is 0. The molecule has 5 rings (SSSR count). The Kier molecular flexibility index (Phi) is 5.18. The Balaban J connectivity index is 1.26. The molecule has 0 bridgehead atoms. The lowest BCUT2D eigenvalue weighted by molar-refractivity contribution is 0.196. The lowest BCUT2D eigenvalue weighted by Gasteiger charge is -2.32. The number of hydrogen-bond donors (Lipinski definition) is 1. The van der Waals surface area contributed by atoms with Crippen molar-refractivity contribution in [2.45, 2.75) is 64.8 Å². The molecular formula is C22H31N5O2. The Morgan fingerprint density at radius 1 is 1.21 bits per heavy atom. The van der Waals surface area contributed by atoms with Gasteiger partial charge in [0, 0.05) is 43.1 Å². The van der Waals surface area contributed by atoms with Crippen molar-refractivity contribution in [1.29, 1.82) is 0 Å². The molecule has 4 heterocycles. The molecule has 29 heavy (non-hydrogen) atoms. The van der Waals surface area contributed by atoms with Gasteiger partial charge >= 0.3 is 0 Å². The van der Waals surface area contributed by atoms with E-state index < -0.39 is 0 Å². The van der Waals surface area contributed by atoms with Crippen LogP contribution in [0.15, 0.2) is 12.1 Å². The molecule has 1 N–H and O–H groups in total. The SMILES string of the molecule is CCOc1cc2c(cc1CN1CCC(c3nnc4n3CCNC4)CC1)OC(C)C2. The summed E-state index contributed by atoms with van der Waals surface area (Å²) in [5, 5.41) is 12.3. The van der Waals surface area contributed by atoms with Crippen molar-refractivity contribution >= 4 is 0 Å². The van der Waals surface area contributed by atoms with E-state index in [4.69, 9.17) is 9.47 Å². The summed E-state index contributed by atoms with van der Waals surface area (Å²) < 4.78 is 14.3. The average Bonchev–Trinajstić information content (AvgIpc) is 3.31. The van der Waals surface area contributed by atoms with Gasteiger partial charge in [0.2, 0.25) is 0 Å². The van der Waals surface area contributed by atoms with Crippen LogP contribution in [0.4, 0.5) is 0 Å². The summed E-state index contributed by atoms with van der Waals surface area (Å²) >= 11 is 0. The first kappa shape index (κ1) is 18.9. The maximum Gasteiger partial charge on any atom is 0.147 e. The van der Waals surface area contributed by atoms with Crippen molar-refractivity contribution in [2.75, 3.05) is 26.2 Å². The minimum Gasteiger partial charge on any atom is -0.494 e. The van der Waals surface area contributed by atoms with Gasteiger partial charge in [-0.05, 0) is 51.9 Å². The topological polar surface area (TPSA) is 64.4 Å². The van der Waals surface area contributed by atoms with E-state index in [1.54, 1.807) is 0 Å². The van der Waals surface area contributed by atoms with E-state index in [9.17, 15) is 0 Å². The zero-order valence-electron chi connectivity index (χ0n) is 17.5. The van der Waals surface area contributed by atoms with Crippen LogP contribution >= 0.6 is 0 Å². The smallest absolute Gasteiger partial charge is 0.147 e. The van der Waals surface area contributed by atoms with E-state index in [-0.39, 0.29) is 6.10 Å². The molecule has 1 atom stereocenters. The summed E-state index contributed by atoms with van der Waals surface area (Å²) in [6.45, 7) is 10.8. The minimum atomic E-state index is 0.259. The lowest BCUT2D eigenvalue weighted by Crippen LogP contribution is -2.34. The van der Waals surface area contributed by atoms with Crippen molar-refractivity contribution in [3.8, 4) is 11.5 Å². The van der Waals surface area contributed by atoms with Crippen LogP contribution in [0.3, 0.4) is 0 Å². The number of fused-ring (bicyclic) bond motifs is 2. The van der Waals surface area contributed by atoms with Gasteiger partial charge < -0.3 is 19.4 Å². The highest BCUT2D eigenvalue weighted by atomic mass is 16.5. The van der Waals surface area contributed by atoms with Crippen molar-refractivity contribution < 1.29 is 9.47 Å². The van der Waals surface area contributed by atoms with E-state index in [1.165, 1.54) is 17.0 Å². The molecule has 3 aliphatic rings. The maximum atomic E-state index is 5.99. The first-order chi connectivity index (χ1) is 14.2. The molecule has 156 valence electrons. The summed E-state index contributed by atoms with van der Waals surface area (Å²) in [6, 6.07) is 4.40. The Morgan fingerprint density at radius 3 is 2.90 bits per heavy atom. The molecule has 2 aromatic rings. The highest BCUT2D eigenvalue weighted by Gasteiger charge is 2.28. The van der Waals surface area contributed by atoms with Gasteiger partial charge in [-0.2, -0.15) is 0 Å². The fourth-order valence-corrected chi connectivity index (χ4v) is 4.90. The molecule has 3 aliphatic heterocycles. The molecule has 7 heteroatoms. The molecule has 1 saturated heterocycles. The van der Waals surface area contributed by atoms with Crippen molar-refractivity contribution in [3.05, 3.63) is 34.9 Å². The Bertz CT molecular complexity index is 872. The van der Waals surface area contributed by atoms with E-state index in [2.05, 4.69) is 51.0 Å². The summed E-state index contributed by atoms with van der Waals surface area (Å²) in [6.07, 6.45) is 3.50. The molecule has 1 fully saturated rings. The normalized spacial score (nSPS) is 22.2. The molecule has 0 radical (unpaired) electrons. The standard InChI is InChI=1S/C22H31N5O2/c1-3-28-19-11-17-10-15(2)29-20(17)12-18(19)14-26-7-4-16(5-8-26)22-25-24-21-13-23-6-9-27(21)22/h11-12,15-16,23H,3-10,13-14H2,1-2H3. The average molecular weight is 398 g/mol. The lowest BCUT2D eigenvalue weighted by atomic mass is 9.95. The second-order valence-corrected chi connectivity index (χ2v) is 8.49. The number of hydrogen-bond acceptors (Lipinski definition) is 6. The number of piperidine rings is 1. The number of likely N-dealkylation sites (tertiary alicyclic amines) is 1. The second kappa shape index (κ2) is 7.95. The second-order valence-electron chi connectivity index (χ2n) is 8.49. The predicted molar refractivity (Wildman–Crippen MR) is 110 cm³/mol. The largest absolute Gasteiger partial charge is 0.494 e. The number of nitrogens with one attached hydrogen (secondary N) is 1. The molecule has 1 unspecified atom stereocenters. The van der Waals surface area contributed by atoms with Gasteiger partial charge in [-0.25, -0.2) is 0 Å². The molecule has 1 aromatic heterocycles. The van der Waals surface area contributed by atoms with Crippen LogP contribution in [0.5, 0.6) is 11.5 Å². The highest BCUT2D eigenvalue weighted by Crippen LogP contribution is 2.36. The van der Waals surface area contributed by atoms with Crippen molar-refractivity contribution in [3.63, 3.8) is 0 Å². The fourth-order valence-electron chi connectivity index (χ4n) is 4.90. The Labute approximate surface area is 172 Å². The van der Waals surface area contributed by atoms with Crippen molar-refractivity contribution in [2.24, 2.45) is 0 Å². The van der Waals surface area contributed by atoms with Crippen LogP contribution in [0, 0.1) is 0 Å². The number of aromatic nitrogens is 3. The third kappa shape index (κ3) is 3.73. The first-order valence-electron chi connectivity index (χ1n) is 11.0. The van der Waals surface area contributed by atoms with E-state index >= 15 is 0 Å². The monoisotopic (exact) mass is 397 g/mol. The number of nitrogens with zero attached hydrogens (tertiary/aromatic N) is 4.